The lowest BCUT2D eigenvalue weighted by molar-refractivity contribution is 0.924. The second-order valence-electron chi connectivity index (χ2n) is 6.63. The quantitative estimate of drug-likeness (QED) is 0.330. The maximum absolute atomic E-state index is 6.40. The number of nitrogens with zero attached hydrogens (tertiary/aromatic N) is 2. The third-order valence-corrected chi connectivity index (χ3v) is 5.18. The molecule has 0 aliphatic rings. The highest BCUT2D eigenvalue weighted by atomic mass is 35.5. The first kappa shape index (κ1) is 20.0. The van der Waals surface area contributed by atoms with Crippen molar-refractivity contribution in [1.82, 2.24) is 9.97 Å². The van der Waals surface area contributed by atoms with Crippen molar-refractivity contribution in [2.24, 2.45) is 0 Å². The van der Waals surface area contributed by atoms with Crippen molar-refractivity contribution in [3.8, 4) is 0 Å². The molecule has 1 heterocycles. The zero-order valence-electron chi connectivity index (χ0n) is 15.9. The highest BCUT2D eigenvalue weighted by Crippen LogP contribution is 2.34. The van der Waals surface area contributed by atoms with E-state index in [4.69, 9.17) is 28.9 Å². The average Bonchev–Trinajstić information content (AvgIpc) is 2.78. The molecule has 0 aliphatic carbocycles. The smallest absolute Gasteiger partial charge is 0.159 e. The summed E-state index contributed by atoms with van der Waals surface area (Å²) in [6.45, 7) is 0. The Labute approximate surface area is 184 Å². The van der Waals surface area contributed by atoms with Crippen LogP contribution in [0.4, 0.5) is 23.0 Å². The zero-order chi connectivity index (χ0) is 20.9. The second kappa shape index (κ2) is 9.03. The predicted molar refractivity (Wildman–Crippen MR) is 125 cm³/mol. The molecule has 0 spiro atoms. The zero-order valence-corrected chi connectivity index (χ0v) is 17.4. The van der Waals surface area contributed by atoms with E-state index in [-0.39, 0.29) is 6.04 Å². The fourth-order valence-corrected chi connectivity index (χ4v) is 3.45. The van der Waals surface area contributed by atoms with E-state index in [2.05, 4.69) is 44.9 Å². The molecule has 0 amide bonds. The van der Waals surface area contributed by atoms with Crippen LogP contribution in [0.1, 0.15) is 17.2 Å². The molecule has 0 unspecified atom stereocenters. The minimum atomic E-state index is -0.132. The Kier molecular flexibility index (Phi) is 6.02. The third-order valence-electron chi connectivity index (χ3n) is 4.61. The van der Waals surface area contributed by atoms with Gasteiger partial charge in [-0.15, -0.1) is 0 Å². The monoisotopic (exact) mass is 435 g/mol. The van der Waals surface area contributed by atoms with Crippen LogP contribution in [0.5, 0.6) is 0 Å². The van der Waals surface area contributed by atoms with Gasteiger partial charge in [0.25, 0.3) is 0 Å². The van der Waals surface area contributed by atoms with Crippen LogP contribution in [0, 0.1) is 0 Å². The van der Waals surface area contributed by atoms with Gasteiger partial charge in [0.15, 0.2) is 11.6 Å². The molecule has 7 heteroatoms. The summed E-state index contributed by atoms with van der Waals surface area (Å²) in [7, 11) is 0. The van der Waals surface area contributed by atoms with Gasteiger partial charge in [-0.1, -0.05) is 83.9 Å². The number of hydrogen-bond acceptors (Lipinski definition) is 5. The van der Waals surface area contributed by atoms with Crippen molar-refractivity contribution in [1.29, 1.82) is 0 Å². The van der Waals surface area contributed by atoms with Crippen LogP contribution < -0.4 is 16.4 Å². The summed E-state index contributed by atoms with van der Waals surface area (Å²) >= 11 is 12.3. The molecular formula is C23H19Cl2N5. The summed E-state index contributed by atoms with van der Waals surface area (Å²) in [5, 5.41) is 7.67. The highest BCUT2D eigenvalue weighted by molar-refractivity contribution is 6.35. The molecule has 0 saturated carbocycles. The molecule has 0 atom stereocenters. The molecule has 0 aliphatic heterocycles. The summed E-state index contributed by atoms with van der Waals surface area (Å²) in [6, 6.07) is 25.3. The van der Waals surface area contributed by atoms with Crippen LogP contribution >= 0.6 is 23.2 Å². The Hall–Kier alpha value is -3.28. The largest absolute Gasteiger partial charge is 0.393 e. The molecule has 4 rings (SSSR count). The average molecular weight is 436 g/mol. The molecule has 30 heavy (non-hydrogen) atoms. The Balaban J connectivity index is 1.68. The van der Waals surface area contributed by atoms with E-state index in [1.807, 2.05) is 36.4 Å². The molecule has 0 radical (unpaired) electrons. The Morgan fingerprint density at radius 3 is 2.00 bits per heavy atom. The van der Waals surface area contributed by atoms with Crippen LogP contribution in [0.2, 0.25) is 10.0 Å². The lowest BCUT2D eigenvalue weighted by Gasteiger charge is -2.22. The molecule has 150 valence electrons. The van der Waals surface area contributed by atoms with Gasteiger partial charge in [0.2, 0.25) is 0 Å². The van der Waals surface area contributed by atoms with Crippen LogP contribution in [-0.4, -0.2) is 9.97 Å². The molecule has 3 aromatic carbocycles. The van der Waals surface area contributed by atoms with Gasteiger partial charge in [-0.2, -0.15) is 0 Å². The van der Waals surface area contributed by atoms with Crippen molar-refractivity contribution < 1.29 is 0 Å². The van der Waals surface area contributed by atoms with Gasteiger partial charge in [0.1, 0.15) is 12.0 Å². The molecule has 0 bridgehead atoms. The molecular weight excluding hydrogens is 417 g/mol. The maximum Gasteiger partial charge on any atom is 0.159 e. The van der Waals surface area contributed by atoms with Gasteiger partial charge in [-0.05, 0) is 29.3 Å². The number of hydrogen-bond donors (Lipinski definition) is 3. The normalized spacial score (nSPS) is 10.8. The second-order valence-corrected chi connectivity index (χ2v) is 7.48. The molecule has 1 aromatic heterocycles. The third kappa shape index (κ3) is 4.48. The van der Waals surface area contributed by atoms with Gasteiger partial charge < -0.3 is 16.4 Å². The summed E-state index contributed by atoms with van der Waals surface area (Å²) < 4.78 is 0. The minimum Gasteiger partial charge on any atom is -0.393 e. The van der Waals surface area contributed by atoms with E-state index in [1.54, 1.807) is 18.2 Å². The van der Waals surface area contributed by atoms with Crippen molar-refractivity contribution >= 4 is 46.2 Å². The van der Waals surface area contributed by atoms with Gasteiger partial charge >= 0.3 is 0 Å². The van der Waals surface area contributed by atoms with E-state index in [1.165, 1.54) is 6.33 Å². The number of anilines is 4. The predicted octanol–water partition coefficient (Wildman–Crippen LogP) is 6.31. The first-order valence-corrected chi connectivity index (χ1v) is 10.1. The van der Waals surface area contributed by atoms with Gasteiger partial charge in [-0.3, -0.25) is 0 Å². The first-order chi connectivity index (χ1) is 14.6. The number of benzene rings is 3. The summed E-state index contributed by atoms with van der Waals surface area (Å²) in [5.74, 6) is 0.958. The molecule has 5 nitrogen and oxygen atoms in total. The van der Waals surface area contributed by atoms with Crippen LogP contribution in [0.3, 0.4) is 0 Å². The van der Waals surface area contributed by atoms with Crippen molar-refractivity contribution in [3.05, 3.63) is 106 Å². The summed E-state index contributed by atoms with van der Waals surface area (Å²) in [4.78, 5) is 8.63. The fourth-order valence-electron chi connectivity index (χ4n) is 3.12. The van der Waals surface area contributed by atoms with Crippen molar-refractivity contribution in [2.45, 2.75) is 6.04 Å². The lowest BCUT2D eigenvalue weighted by atomic mass is 9.99. The van der Waals surface area contributed by atoms with Crippen LogP contribution in [0.25, 0.3) is 0 Å². The van der Waals surface area contributed by atoms with E-state index < -0.39 is 0 Å². The topological polar surface area (TPSA) is 75.9 Å². The number of nitrogens with one attached hydrogen (secondary N) is 2. The summed E-state index contributed by atoms with van der Waals surface area (Å²) in [5.41, 5.74) is 9.58. The number of rotatable bonds is 6. The van der Waals surface area contributed by atoms with E-state index >= 15 is 0 Å². The lowest BCUT2D eigenvalue weighted by Crippen LogP contribution is -2.15. The van der Waals surface area contributed by atoms with Crippen molar-refractivity contribution in [2.75, 3.05) is 16.4 Å². The minimum absolute atomic E-state index is 0.132. The highest BCUT2D eigenvalue weighted by Gasteiger charge is 2.17. The number of nitrogens with two attached hydrogens (primary N) is 1. The number of nitrogen functional groups attached to an aromatic ring is 1. The Morgan fingerprint density at radius 2 is 1.37 bits per heavy atom. The van der Waals surface area contributed by atoms with Gasteiger partial charge in [0, 0.05) is 5.02 Å². The molecule has 0 fully saturated rings. The van der Waals surface area contributed by atoms with Crippen molar-refractivity contribution in [3.63, 3.8) is 0 Å². The summed E-state index contributed by atoms with van der Waals surface area (Å²) in [6.07, 6.45) is 1.45. The first-order valence-electron chi connectivity index (χ1n) is 9.31. The molecule has 4 N–H and O–H groups in total. The van der Waals surface area contributed by atoms with E-state index in [9.17, 15) is 0 Å². The Bertz CT molecular complexity index is 1100. The molecule has 0 saturated heterocycles. The number of halogens is 2. The maximum atomic E-state index is 6.40. The standard InChI is InChI=1S/C23H19Cl2N5/c24-17-11-12-18(25)19(13-17)29-22-20(26)23(28-14-27-22)30-21(15-7-3-1-4-8-15)16-9-5-2-6-10-16/h1-14,21H,26H2,(H2,27,28,29,30). The SMILES string of the molecule is Nc1c(Nc2cc(Cl)ccc2Cl)ncnc1NC(c1ccccc1)c1ccccc1. The van der Waals surface area contributed by atoms with Gasteiger partial charge in [-0.25, -0.2) is 9.97 Å². The van der Waals surface area contributed by atoms with E-state index in [0.29, 0.717) is 33.1 Å². The van der Waals surface area contributed by atoms with Crippen LogP contribution in [0.15, 0.2) is 85.2 Å². The Morgan fingerprint density at radius 1 is 0.767 bits per heavy atom. The van der Waals surface area contributed by atoms with E-state index in [0.717, 1.165) is 11.1 Å². The van der Waals surface area contributed by atoms with Gasteiger partial charge in [0.05, 0.1) is 16.8 Å². The fraction of sp³-hybridized carbons (Fsp3) is 0.0435. The number of aromatic nitrogens is 2. The molecule has 4 aromatic rings. The van der Waals surface area contributed by atoms with Crippen LogP contribution in [-0.2, 0) is 0 Å².